The van der Waals surface area contributed by atoms with Gasteiger partial charge in [-0.3, -0.25) is 4.79 Å². The second kappa shape index (κ2) is 4.37. The van der Waals surface area contributed by atoms with E-state index in [2.05, 4.69) is 17.0 Å². The summed E-state index contributed by atoms with van der Waals surface area (Å²) in [6.07, 6.45) is 3.34. The van der Waals surface area contributed by atoms with E-state index in [0.717, 1.165) is 0 Å². The Labute approximate surface area is 97.5 Å². The monoisotopic (exact) mass is 235 g/mol. The highest BCUT2D eigenvalue weighted by molar-refractivity contribution is 6.36. The van der Waals surface area contributed by atoms with E-state index in [4.69, 9.17) is 11.6 Å². The van der Waals surface area contributed by atoms with Crippen molar-refractivity contribution in [3.63, 3.8) is 0 Å². The second-order valence-corrected chi connectivity index (χ2v) is 3.57. The molecule has 1 amide bonds. The fraction of sp³-hybridized carbons (Fsp3) is 0.0909. The number of halogens is 1. The number of aromatic nitrogens is 2. The highest BCUT2D eigenvalue weighted by Crippen LogP contribution is 2.21. The van der Waals surface area contributed by atoms with Gasteiger partial charge < -0.3 is 5.32 Å². The zero-order valence-electron chi connectivity index (χ0n) is 8.48. The first kappa shape index (κ1) is 10.7. The number of fused-ring (bicyclic) bond motifs is 1. The van der Waals surface area contributed by atoms with E-state index in [1.54, 1.807) is 22.9 Å². The van der Waals surface area contributed by atoms with Gasteiger partial charge in [0.1, 0.15) is 0 Å². The number of rotatable bonds is 3. The molecule has 0 fully saturated rings. The summed E-state index contributed by atoms with van der Waals surface area (Å²) in [5.41, 5.74) is 0.947. The van der Waals surface area contributed by atoms with Crippen molar-refractivity contribution in [1.29, 1.82) is 0 Å². The van der Waals surface area contributed by atoms with Crippen molar-refractivity contribution >= 4 is 23.0 Å². The minimum atomic E-state index is -0.298. The summed E-state index contributed by atoms with van der Waals surface area (Å²) in [6.45, 7) is 3.91. The zero-order chi connectivity index (χ0) is 11.5. The molecular weight excluding hydrogens is 226 g/mol. The molecule has 0 saturated heterocycles. The van der Waals surface area contributed by atoms with Crippen LogP contribution in [0.25, 0.3) is 5.52 Å². The molecular formula is C11H10ClN3O. The van der Waals surface area contributed by atoms with Crippen LogP contribution < -0.4 is 5.32 Å². The van der Waals surface area contributed by atoms with Crippen LogP contribution in [0.4, 0.5) is 0 Å². The Kier molecular flexibility index (Phi) is 2.92. The Morgan fingerprint density at radius 2 is 2.44 bits per heavy atom. The molecule has 1 N–H and O–H groups in total. The van der Waals surface area contributed by atoms with Gasteiger partial charge in [-0.15, -0.1) is 6.58 Å². The average Bonchev–Trinajstić information content (AvgIpc) is 2.64. The second-order valence-electron chi connectivity index (χ2n) is 3.19. The maximum absolute atomic E-state index is 11.7. The smallest absolute Gasteiger partial charge is 0.273 e. The van der Waals surface area contributed by atoms with E-state index in [0.29, 0.717) is 17.1 Å². The van der Waals surface area contributed by atoms with E-state index in [1.807, 2.05) is 12.1 Å². The Balaban J connectivity index is 2.41. The molecule has 0 aromatic carbocycles. The number of nitrogens with one attached hydrogen (secondary N) is 1. The van der Waals surface area contributed by atoms with Crippen LogP contribution in [0.15, 0.2) is 37.1 Å². The first-order valence-electron chi connectivity index (χ1n) is 4.76. The molecule has 2 aromatic rings. The number of pyridine rings is 1. The van der Waals surface area contributed by atoms with Gasteiger partial charge >= 0.3 is 0 Å². The van der Waals surface area contributed by atoms with Crippen LogP contribution in [0.1, 0.15) is 10.5 Å². The predicted octanol–water partition coefficient (Wildman–Crippen LogP) is 1.90. The highest BCUT2D eigenvalue weighted by atomic mass is 35.5. The molecule has 82 valence electrons. The third kappa shape index (κ3) is 1.79. The van der Waals surface area contributed by atoms with E-state index in [-0.39, 0.29) is 11.6 Å². The quantitative estimate of drug-likeness (QED) is 0.826. The van der Waals surface area contributed by atoms with Crippen molar-refractivity contribution in [1.82, 2.24) is 14.9 Å². The first-order chi connectivity index (χ1) is 7.74. The van der Waals surface area contributed by atoms with Crippen molar-refractivity contribution in [2.24, 2.45) is 0 Å². The number of hydrogen-bond donors (Lipinski definition) is 1. The Bertz CT molecular complexity index is 547. The lowest BCUT2D eigenvalue weighted by Gasteiger charge is -1.97. The summed E-state index contributed by atoms with van der Waals surface area (Å²) in [7, 11) is 0. The molecule has 4 nitrogen and oxygen atoms in total. The van der Waals surface area contributed by atoms with Gasteiger partial charge in [-0.1, -0.05) is 23.7 Å². The van der Waals surface area contributed by atoms with Crippen LogP contribution in [-0.4, -0.2) is 22.1 Å². The van der Waals surface area contributed by atoms with Gasteiger partial charge in [-0.05, 0) is 12.1 Å². The number of carbonyl (C=O) groups is 1. The molecule has 16 heavy (non-hydrogen) atoms. The van der Waals surface area contributed by atoms with Crippen LogP contribution in [0.2, 0.25) is 5.02 Å². The summed E-state index contributed by atoms with van der Waals surface area (Å²) >= 11 is 6.06. The Morgan fingerprint density at radius 1 is 1.62 bits per heavy atom. The summed E-state index contributed by atoms with van der Waals surface area (Å²) in [5.74, 6) is -0.298. The molecule has 0 aliphatic heterocycles. The molecule has 2 aromatic heterocycles. The van der Waals surface area contributed by atoms with E-state index < -0.39 is 0 Å². The molecule has 0 unspecified atom stereocenters. The van der Waals surface area contributed by atoms with Gasteiger partial charge in [0.25, 0.3) is 5.91 Å². The standard InChI is InChI=1S/C11H10ClN3O/c1-2-6-13-11(16)10-9(12)8-5-3-4-7-15(8)14-10/h2-5,7H,1,6H2,(H,13,16). The lowest BCUT2D eigenvalue weighted by atomic mass is 10.3. The van der Waals surface area contributed by atoms with Crippen LogP contribution in [0.3, 0.4) is 0 Å². The molecule has 0 spiro atoms. The van der Waals surface area contributed by atoms with Crippen LogP contribution in [0.5, 0.6) is 0 Å². The molecule has 2 rings (SSSR count). The van der Waals surface area contributed by atoms with Gasteiger partial charge in [0.15, 0.2) is 5.69 Å². The molecule has 0 atom stereocenters. The van der Waals surface area contributed by atoms with Crippen molar-refractivity contribution in [3.8, 4) is 0 Å². The van der Waals surface area contributed by atoms with E-state index >= 15 is 0 Å². The zero-order valence-corrected chi connectivity index (χ0v) is 9.24. The molecule has 2 heterocycles. The van der Waals surface area contributed by atoms with Crippen LogP contribution >= 0.6 is 11.6 Å². The lowest BCUT2D eigenvalue weighted by molar-refractivity contribution is 0.0953. The molecule has 0 bridgehead atoms. The minimum Gasteiger partial charge on any atom is -0.347 e. The number of hydrogen-bond acceptors (Lipinski definition) is 2. The molecule has 5 heteroatoms. The maximum Gasteiger partial charge on any atom is 0.273 e. The molecule has 0 aliphatic carbocycles. The normalized spacial score (nSPS) is 10.3. The minimum absolute atomic E-state index is 0.231. The number of carbonyl (C=O) groups excluding carboxylic acids is 1. The summed E-state index contributed by atoms with van der Waals surface area (Å²) in [4.78, 5) is 11.7. The molecule has 0 aliphatic rings. The first-order valence-corrected chi connectivity index (χ1v) is 5.14. The van der Waals surface area contributed by atoms with E-state index in [9.17, 15) is 4.79 Å². The third-order valence-corrected chi connectivity index (χ3v) is 2.47. The lowest BCUT2D eigenvalue weighted by Crippen LogP contribution is -2.23. The van der Waals surface area contributed by atoms with E-state index in [1.165, 1.54) is 0 Å². The van der Waals surface area contributed by atoms with Gasteiger partial charge in [0.05, 0.1) is 10.5 Å². The fourth-order valence-corrected chi connectivity index (χ4v) is 1.64. The fourth-order valence-electron chi connectivity index (χ4n) is 1.36. The number of amides is 1. The summed E-state index contributed by atoms with van der Waals surface area (Å²) in [5, 5.41) is 7.10. The van der Waals surface area contributed by atoms with Crippen molar-refractivity contribution in [2.45, 2.75) is 0 Å². The van der Waals surface area contributed by atoms with Crippen molar-refractivity contribution in [3.05, 3.63) is 47.8 Å². The Hall–Kier alpha value is -1.81. The summed E-state index contributed by atoms with van der Waals surface area (Å²) in [6, 6.07) is 5.47. The van der Waals surface area contributed by atoms with Gasteiger partial charge in [-0.2, -0.15) is 5.10 Å². The third-order valence-electron chi connectivity index (χ3n) is 2.10. The van der Waals surface area contributed by atoms with Crippen molar-refractivity contribution < 1.29 is 4.79 Å². The molecule has 0 saturated carbocycles. The number of nitrogens with zero attached hydrogens (tertiary/aromatic N) is 2. The largest absolute Gasteiger partial charge is 0.347 e. The van der Waals surface area contributed by atoms with Crippen molar-refractivity contribution in [2.75, 3.05) is 6.54 Å². The topological polar surface area (TPSA) is 46.4 Å². The predicted molar refractivity (Wildman–Crippen MR) is 62.7 cm³/mol. The van der Waals surface area contributed by atoms with Gasteiger partial charge in [0, 0.05) is 12.7 Å². The van der Waals surface area contributed by atoms with Crippen LogP contribution in [0, 0.1) is 0 Å². The highest BCUT2D eigenvalue weighted by Gasteiger charge is 2.16. The average molecular weight is 236 g/mol. The summed E-state index contributed by atoms with van der Waals surface area (Å²) < 4.78 is 1.57. The molecule has 0 radical (unpaired) electrons. The Morgan fingerprint density at radius 3 is 3.12 bits per heavy atom. The van der Waals surface area contributed by atoms with Gasteiger partial charge in [0.2, 0.25) is 0 Å². The SMILES string of the molecule is C=CCNC(=O)c1nn2ccccc2c1Cl. The maximum atomic E-state index is 11.7. The van der Waals surface area contributed by atoms with Gasteiger partial charge in [-0.25, -0.2) is 4.52 Å². The van der Waals surface area contributed by atoms with Crippen LogP contribution in [-0.2, 0) is 0 Å².